The first-order valence-corrected chi connectivity index (χ1v) is 9.63. The van der Waals surface area contributed by atoms with Crippen LogP contribution >= 0.6 is 0 Å². The fraction of sp³-hybridized carbons (Fsp3) is 0.222. The monoisotopic (exact) mass is 412 g/mol. The van der Waals surface area contributed by atoms with Crippen molar-refractivity contribution < 1.29 is 30.8 Å². The summed E-state index contributed by atoms with van der Waals surface area (Å²) in [4.78, 5) is 3.65. The predicted molar refractivity (Wildman–Crippen MR) is 93.4 cm³/mol. The van der Waals surface area contributed by atoms with E-state index >= 15 is 0 Å². The van der Waals surface area contributed by atoms with Crippen LogP contribution in [0.15, 0.2) is 51.9 Å². The molecule has 0 N–H and O–H groups in total. The zero-order valence-electron chi connectivity index (χ0n) is 14.8. The van der Waals surface area contributed by atoms with Crippen molar-refractivity contribution >= 4 is 9.84 Å². The highest BCUT2D eigenvalue weighted by Crippen LogP contribution is 2.33. The Kier molecular flexibility index (Phi) is 5.16. The van der Waals surface area contributed by atoms with Gasteiger partial charge >= 0.3 is 6.18 Å². The molecule has 0 bridgehead atoms. The topological polar surface area (TPSA) is 82.3 Å². The Balaban J connectivity index is 2.05. The van der Waals surface area contributed by atoms with Gasteiger partial charge in [-0.25, -0.2) is 8.42 Å². The number of methoxy groups -OCH3 is 1. The smallest absolute Gasteiger partial charge is 0.416 e. The van der Waals surface area contributed by atoms with Gasteiger partial charge in [0.2, 0.25) is 0 Å². The SMILES string of the molecule is COc1ccc(-c2nc(C)no2)c(CS(=O)(=O)c2cccc(C(F)(F)F)c2)c1. The molecule has 3 rings (SSSR count). The maximum absolute atomic E-state index is 12.9. The number of benzene rings is 2. The number of halogens is 3. The quantitative estimate of drug-likeness (QED) is 0.629. The van der Waals surface area contributed by atoms with Gasteiger partial charge in [-0.2, -0.15) is 18.2 Å². The number of aryl methyl sites for hydroxylation is 1. The van der Waals surface area contributed by atoms with Crippen molar-refractivity contribution in [2.75, 3.05) is 7.11 Å². The van der Waals surface area contributed by atoms with Gasteiger partial charge < -0.3 is 9.26 Å². The van der Waals surface area contributed by atoms with Crippen molar-refractivity contribution in [1.29, 1.82) is 0 Å². The van der Waals surface area contributed by atoms with E-state index in [-0.39, 0.29) is 11.5 Å². The van der Waals surface area contributed by atoms with Gasteiger partial charge in [0, 0.05) is 5.56 Å². The van der Waals surface area contributed by atoms with E-state index in [4.69, 9.17) is 9.26 Å². The normalized spacial score (nSPS) is 12.2. The Bertz CT molecular complexity index is 1110. The molecule has 148 valence electrons. The third-order valence-electron chi connectivity index (χ3n) is 3.94. The largest absolute Gasteiger partial charge is 0.497 e. The molecule has 2 aromatic carbocycles. The third-order valence-corrected chi connectivity index (χ3v) is 5.60. The number of aromatic nitrogens is 2. The number of alkyl halides is 3. The standard InChI is InChI=1S/C18H15F3N2O4S/c1-11-22-17(27-23-11)16-7-6-14(26-2)8-12(16)10-28(24,25)15-5-3-4-13(9-15)18(19,20)21/h3-9H,10H2,1-2H3. The lowest BCUT2D eigenvalue weighted by atomic mass is 10.1. The molecular formula is C18H15F3N2O4S. The minimum absolute atomic E-state index is 0.106. The first-order chi connectivity index (χ1) is 13.1. The molecule has 0 aliphatic heterocycles. The molecule has 0 atom stereocenters. The molecule has 10 heteroatoms. The van der Waals surface area contributed by atoms with Crippen LogP contribution < -0.4 is 4.74 Å². The molecule has 0 amide bonds. The van der Waals surface area contributed by atoms with E-state index in [1.165, 1.54) is 13.2 Å². The van der Waals surface area contributed by atoms with Crippen molar-refractivity contribution in [2.24, 2.45) is 0 Å². The van der Waals surface area contributed by atoms with E-state index in [9.17, 15) is 21.6 Å². The van der Waals surface area contributed by atoms with Gasteiger partial charge in [-0.15, -0.1) is 0 Å². The summed E-state index contributed by atoms with van der Waals surface area (Å²) in [6.07, 6.45) is -4.64. The first kappa shape index (κ1) is 19.9. The molecule has 0 fully saturated rings. The molecule has 1 aromatic heterocycles. The molecule has 1 heterocycles. The van der Waals surface area contributed by atoms with E-state index in [1.54, 1.807) is 19.1 Å². The van der Waals surface area contributed by atoms with Gasteiger partial charge in [-0.3, -0.25) is 0 Å². The Morgan fingerprint density at radius 3 is 2.50 bits per heavy atom. The lowest BCUT2D eigenvalue weighted by Gasteiger charge is -2.12. The van der Waals surface area contributed by atoms with Crippen LogP contribution in [0.2, 0.25) is 0 Å². The number of nitrogens with zero attached hydrogens (tertiary/aromatic N) is 2. The lowest BCUT2D eigenvalue weighted by molar-refractivity contribution is -0.137. The van der Waals surface area contributed by atoms with E-state index in [1.807, 2.05) is 0 Å². The molecule has 0 aliphatic rings. The Morgan fingerprint density at radius 2 is 1.89 bits per heavy atom. The van der Waals surface area contributed by atoms with Crippen molar-refractivity contribution in [2.45, 2.75) is 23.7 Å². The van der Waals surface area contributed by atoms with Crippen molar-refractivity contribution in [3.8, 4) is 17.2 Å². The van der Waals surface area contributed by atoms with Crippen LogP contribution in [0, 0.1) is 6.92 Å². The summed E-state index contributed by atoms with van der Waals surface area (Å²) in [6.45, 7) is 1.61. The van der Waals surface area contributed by atoms with Crippen molar-refractivity contribution in [3.05, 3.63) is 59.4 Å². The van der Waals surface area contributed by atoms with Crippen LogP contribution in [-0.4, -0.2) is 25.7 Å². The molecular weight excluding hydrogens is 397 g/mol. The summed E-state index contributed by atoms with van der Waals surface area (Å²) in [6, 6.07) is 8.24. The summed E-state index contributed by atoms with van der Waals surface area (Å²) in [5.41, 5.74) is -0.413. The fourth-order valence-electron chi connectivity index (χ4n) is 2.59. The third kappa shape index (κ3) is 4.16. The summed E-state index contributed by atoms with van der Waals surface area (Å²) in [5.74, 6) is 0.281. The number of hydrogen-bond acceptors (Lipinski definition) is 6. The lowest BCUT2D eigenvalue weighted by Crippen LogP contribution is -2.10. The van der Waals surface area contributed by atoms with Crippen LogP contribution in [0.4, 0.5) is 13.2 Å². The van der Waals surface area contributed by atoms with E-state index in [2.05, 4.69) is 10.1 Å². The van der Waals surface area contributed by atoms with E-state index in [0.717, 1.165) is 18.2 Å². The van der Waals surface area contributed by atoms with Gasteiger partial charge in [0.05, 0.1) is 23.3 Å². The molecule has 0 unspecified atom stereocenters. The van der Waals surface area contributed by atoms with Gasteiger partial charge in [-0.05, 0) is 48.9 Å². The second kappa shape index (κ2) is 7.27. The van der Waals surface area contributed by atoms with Crippen LogP contribution in [-0.2, 0) is 21.8 Å². The number of hydrogen-bond donors (Lipinski definition) is 0. The minimum Gasteiger partial charge on any atom is -0.497 e. The van der Waals surface area contributed by atoms with Gasteiger partial charge in [0.25, 0.3) is 5.89 Å². The van der Waals surface area contributed by atoms with Gasteiger partial charge in [-0.1, -0.05) is 11.2 Å². The number of ether oxygens (including phenoxy) is 1. The van der Waals surface area contributed by atoms with Gasteiger partial charge in [0.15, 0.2) is 15.7 Å². The van der Waals surface area contributed by atoms with Crippen LogP contribution in [0.5, 0.6) is 5.75 Å². The molecule has 0 aliphatic carbocycles. The maximum Gasteiger partial charge on any atom is 0.416 e. The van der Waals surface area contributed by atoms with Crippen molar-refractivity contribution in [1.82, 2.24) is 10.1 Å². The Hall–Kier alpha value is -2.88. The van der Waals surface area contributed by atoms with E-state index < -0.39 is 32.2 Å². The average molecular weight is 412 g/mol. The first-order valence-electron chi connectivity index (χ1n) is 7.98. The minimum atomic E-state index is -4.64. The Labute approximate surface area is 158 Å². The summed E-state index contributed by atoms with van der Waals surface area (Å²) in [7, 11) is -2.68. The zero-order valence-corrected chi connectivity index (χ0v) is 15.6. The summed E-state index contributed by atoms with van der Waals surface area (Å²) < 4.78 is 74.6. The fourth-order valence-corrected chi connectivity index (χ4v) is 3.99. The van der Waals surface area contributed by atoms with Crippen molar-refractivity contribution in [3.63, 3.8) is 0 Å². The molecule has 6 nitrogen and oxygen atoms in total. The van der Waals surface area contributed by atoms with Crippen LogP contribution in [0.1, 0.15) is 17.0 Å². The number of rotatable bonds is 5. The maximum atomic E-state index is 12.9. The van der Waals surface area contributed by atoms with E-state index in [0.29, 0.717) is 23.2 Å². The summed E-state index contributed by atoms with van der Waals surface area (Å²) in [5, 5.41) is 3.68. The number of sulfone groups is 1. The Morgan fingerprint density at radius 1 is 1.14 bits per heavy atom. The molecule has 0 saturated carbocycles. The molecule has 3 aromatic rings. The molecule has 0 saturated heterocycles. The highest BCUT2D eigenvalue weighted by Gasteiger charge is 2.32. The highest BCUT2D eigenvalue weighted by molar-refractivity contribution is 7.90. The molecule has 28 heavy (non-hydrogen) atoms. The average Bonchev–Trinajstić information content (AvgIpc) is 3.07. The summed E-state index contributed by atoms with van der Waals surface area (Å²) >= 11 is 0. The highest BCUT2D eigenvalue weighted by atomic mass is 32.2. The second-order valence-corrected chi connectivity index (χ2v) is 7.94. The van der Waals surface area contributed by atoms with Crippen LogP contribution in [0.3, 0.4) is 0 Å². The molecule has 0 radical (unpaired) electrons. The van der Waals surface area contributed by atoms with Crippen LogP contribution in [0.25, 0.3) is 11.5 Å². The van der Waals surface area contributed by atoms with Gasteiger partial charge in [0.1, 0.15) is 5.75 Å². The second-order valence-electron chi connectivity index (χ2n) is 5.95. The zero-order chi connectivity index (χ0) is 20.5. The predicted octanol–water partition coefficient (Wildman–Crippen LogP) is 4.05. The molecule has 0 spiro atoms.